The van der Waals surface area contributed by atoms with E-state index in [-0.39, 0.29) is 12.2 Å². The molecule has 1 aromatic carbocycles. The molecular weight excluding hydrogens is 358 g/mol. The minimum atomic E-state index is -0.705. The maximum Gasteiger partial charge on any atom is 0.275 e. The first-order valence-corrected chi connectivity index (χ1v) is 8.32. The molecule has 0 unspecified atom stereocenters. The number of nitrogens with zero attached hydrogens (tertiary/aromatic N) is 2. The zero-order valence-corrected chi connectivity index (χ0v) is 14.7. The molecule has 0 aliphatic rings. The van der Waals surface area contributed by atoms with Gasteiger partial charge < -0.3 is 5.11 Å². The molecule has 0 spiro atoms. The van der Waals surface area contributed by atoms with Gasteiger partial charge in [0.15, 0.2) is 0 Å². The van der Waals surface area contributed by atoms with Crippen LogP contribution >= 0.6 is 0 Å². The molecule has 0 radical (unpaired) electrons. The normalized spacial score (nSPS) is 9.79. The summed E-state index contributed by atoms with van der Waals surface area (Å²) in [6, 6.07) is 10.3. The van der Waals surface area contributed by atoms with Crippen LogP contribution in [0.2, 0.25) is 0 Å². The van der Waals surface area contributed by atoms with Gasteiger partial charge in [0.25, 0.3) is 5.91 Å². The van der Waals surface area contributed by atoms with Gasteiger partial charge in [0.2, 0.25) is 12.4 Å². The van der Waals surface area contributed by atoms with Crippen molar-refractivity contribution in [2.24, 2.45) is 0 Å². The molecule has 7 nitrogen and oxygen atoms in total. The van der Waals surface area contributed by atoms with Crippen LogP contribution < -0.4 is 10.2 Å². The highest BCUT2D eigenvalue weighted by Gasteiger charge is 2.16. The molecule has 138 valence electrons. The van der Waals surface area contributed by atoms with Crippen LogP contribution in [0.4, 0.5) is 0 Å². The molecule has 3 rings (SSSR count). The van der Waals surface area contributed by atoms with Crippen molar-refractivity contribution in [3.05, 3.63) is 59.9 Å². The summed E-state index contributed by atoms with van der Waals surface area (Å²) in [5.74, 6) is 10.3. The van der Waals surface area contributed by atoms with Crippen LogP contribution in [0.15, 0.2) is 48.8 Å². The van der Waals surface area contributed by atoms with E-state index < -0.39 is 5.91 Å². The summed E-state index contributed by atoms with van der Waals surface area (Å²) < 4.78 is 0.814. The Kier molecular flexibility index (Phi) is 5.83. The quantitative estimate of drug-likeness (QED) is 0.182. The molecule has 0 aliphatic heterocycles. The van der Waals surface area contributed by atoms with E-state index in [1.807, 2.05) is 12.1 Å². The van der Waals surface area contributed by atoms with E-state index in [1.54, 1.807) is 23.7 Å². The fraction of sp³-hybridized carbons (Fsp3) is 0.0952. The molecule has 28 heavy (non-hydrogen) atoms. The number of hydrogen-bond acceptors (Lipinski definition) is 5. The minimum absolute atomic E-state index is 0.0106. The van der Waals surface area contributed by atoms with Gasteiger partial charge in [0.05, 0.1) is 28.8 Å². The molecule has 4 N–H and O–H groups in total. The topological polar surface area (TPSA) is 107 Å². The number of fused-ring (bicyclic) bond motifs is 1. The second-order valence-corrected chi connectivity index (χ2v) is 5.72. The SMILES string of the molecule is O=C(NO)c1cc(-c2ccc(C#CC#CCCO)cc2)nc2cc[n+](O)cc12. The summed E-state index contributed by atoms with van der Waals surface area (Å²) in [4.78, 5) is 16.6. The van der Waals surface area contributed by atoms with Gasteiger partial charge in [-0.2, -0.15) is 0 Å². The average Bonchev–Trinajstić information content (AvgIpc) is 2.72. The Balaban J connectivity index is 1.98. The fourth-order valence-electron chi connectivity index (χ4n) is 2.55. The van der Waals surface area contributed by atoms with Crippen LogP contribution in [0.1, 0.15) is 22.3 Å². The predicted molar refractivity (Wildman–Crippen MR) is 100 cm³/mol. The number of carbonyl (C=O) groups excluding carboxylic acids is 1. The zero-order chi connectivity index (χ0) is 19.9. The predicted octanol–water partition coefficient (Wildman–Crippen LogP) is 1.28. The van der Waals surface area contributed by atoms with Gasteiger partial charge in [-0.3, -0.25) is 15.2 Å². The minimum Gasteiger partial charge on any atom is -0.395 e. The molecule has 0 atom stereocenters. The molecular formula is C21H16N3O4+. The number of aliphatic hydroxyl groups is 1. The first-order valence-electron chi connectivity index (χ1n) is 8.32. The lowest BCUT2D eigenvalue weighted by molar-refractivity contribution is -0.904. The molecule has 2 heterocycles. The van der Waals surface area contributed by atoms with Crippen molar-refractivity contribution in [1.29, 1.82) is 0 Å². The number of carbonyl (C=O) groups is 1. The van der Waals surface area contributed by atoms with Gasteiger partial charge in [-0.1, -0.05) is 24.0 Å². The summed E-state index contributed by atoms with van der Waals surface area (Å²) in [6.45, 7) is 0.0106. The number of benzene rings is 1. The van der Waals surface area contributed by atoms with Crippen LogP contribution in [-0.2, 0) is 0 Å². The molecule has 0 saturated heterocycles. The van der Waals surface area contributed by atoms with E-state index in [0.29, 0.717) is 23.0 Å². The third kappa shape index (κ3) is 4.25. The number of hydrogen-bond donors (Lipinski definition) is 4. The summed E-state index contributed by atoms with van der Waals surface area (Å²) in [5, 5.41) is 27.7. The summed E-state index contributed by atoms with van der Waals surface area (Å²) >= 11 is 0. The van der Waals surface area contributed by atoms with Crippen LogP contribution in [0.25, 0.3) is 22.2 Å². The smallest absolute Gasteiger partial charge is 0.275 e. The molecule has 1 amide bonds. The molecule has 0 fully saturated rings. The second-order valence-electron chi connectivity index (χ2n) is 5.72. The number of aliphatic hydroxyl groups excluding tert-OH is 1. The van der Waals surface area contributed by atoms with Gasteiger partial charge in [-0.05, 0) is 30.0 Å². The van der Waals surface area contributed by atoms with Gasteiger partial charge in [-0.15, -0.1) is 0 Å². The molecule has 3 aromatic rings. The number of amides is 1. The van der Waals surface area contributed by atoms with Crippen LogP contribution in [-0.4, -0.2) is 33.0 Å². The van der Waals surface area contributed by atoms with Gasteiger partial charge in [0.1, 0.15) is 0 Å². The van der Waals surface area contributed by atoms with E-state index in [0.717, 1.165) is 15.9 Å². The highest BCUT2D eigenvalue weighted by molar-refractivity contribution is 6.06. The van der Waals surface area contributed by atoms with Crippen LogP contribution in [0.3, 0.4) is 0 Å². The number of aromatic nitrogens is 2. The first-order chi connectivity index (χ1) is 13.6. The highest BCUT2D eigenvalue weighted by atomic mass is 16.5. The highest BCUT2D eigenvalue weighted by Crippen LogP contribution is 2.24. The monoisotopic (exact) mass is 374 g/mol. The van der Waals surface area contributed by atoms with Gasteiger partial charge >= 0.3 is 0 Å². The van der Waals surface area contributed by atoms with Gasteiger partial charge in [-0.25, -0.2) is 10.5 Å². The number of pyridine rings is 2. The Morgan fingerprint density at radius 3 is 2.68 bits per heavy atom. The standard InChI is InChI=1S/C21H15N3O4/c25-12-4-2-1-3-5-15-6-8-16(9-7-15)20-13-17(21(26)23-27)18-14-24(28)11-10-19(18)22-20/h6-11,13-14,25H,4,12H2,(H2-,22,23,26,27,28)/p+1. The number of rotatable bonds is 3. The molecule has 7 heteroatoms. The van der Waals surface area contributed by atoms with Crippen LogP contribution in [0.5, 0.6) is 0 Å². The van der Waals surface area contributed by atoms with Crippen molar-refractivity contribution in [2.75, 3.05) is 6.61 Å². The Hall–Kier alpha value is -3.91. The van der Waals surface area contributed by atoms with Crippen molar-refractivity contribution in [3.8, 4) is 34.9 Å². The van der Waals surface area contributed by atoms with E-state index in [9.17, 15) is 10.0 Å². The van der Waals surface area contributed by atoms with E-state index in [2.05, 4.69) is 28.7 Å². The lowest BCUT2D eigenvalue weighted by atomic mass is 10.0. The van der Waals surface area contributed by atoms with Crippen molar-refractivity contribution in [2.45, 2.75) is 6.42 Å². The number of nitrogens with one attached hydrogen (secondary N) is 1. The summed E-state index contributed by atoms with van der Waals surface area (Å²) in [6.07, 6.45) is 3.13. The largest absolute Gasteiger partial charge is 0.395 e. The third-order valence-electron chi connectivity index (χ3n) is 3.86. The van der Waals surface area contributed by atoms with Crippen molar-refractivity contribution in [1.82, 2.24) is 10.5 Å². The first kappa shape index (κ1) is 18.9. The molecule has 2 aromatic heterocycles. The Morgan fingerprint density at radius 1 is 1.18 bits per heavy atom. The van der Waals surface area contributed by atoms with E-state index in [1.165, 1.54) is 18.5 Å². The lowest BCUT2D eigenvalue weighted by Gasteiger charge is -2.07. The number of hydroxylamine groups is 1. The van der Waals surface area contributed by atoms with Crippen molar-refractivity contribution in [3.63, 3.8) is 0 Å². The summed E-state index contributed by atoms with van der Waals surface area (Å²) in [5.41, 5.74) is 4.33. The Labute approximate surface area is 160 Å². The van der Waals surface area contributed by atoms with Crippen molar-refractivity contribution >= 4 is 16.8 Å². The maximum atomic E-state index is 12.0. The third-order valence-corrected chi connectivity index (χ3v) is 3.86. The lowest BCUT2D eigenvalue weighted by Crippen LogP contribution is -2.29. The Bertz CT molecular complexity index is 1150. The molecule has 0 bridgehead atoms. The van der Waals surface area contributed by atoms with E-state index >= 15 is 0 Å². The molecule has 0 saturated carbocycles. The second kappa shape index (κ2) is 8.65. The van der Waals surface area contributed by atoms with Crippen LogP contribution in [0, 0.1) is 23.7 Å². The Morgan fingerprint density at radius 2 is 1.96 bits per heavy atom. The van der Waals surface area contributed by atoms with Crippen molar-refractivity contribution < 1.29 is 25.0 Å². The maximum absolute atomic E-state index is 12.0. The summed E-state index contributed by atoms with van der Waals surface area (Å²) in [7, 11) is 0. The van der Waals surface area contributed by atoms with Gasteiger partial charge in [0, 0.05) is 28.3 Å². The zero-order valence-electron chi connectivity index (χ0n) is 14.7. The average molecular weight is 374 g/mol. The molecule has 0 aliphatic carbocycles. The fourth-order valence-corrected chi connectivity index (χ4v) is 2.55. The van der Waals surface area contributed by atoms with E-state index in [4.69, 9.17) is 10.3 Å².